The molecule has 0 amide bonds. The summed E-state index contributed by atoms with van der Waals surface area (Å²) >= 11 is 0. The lowest BCUT2D eigenvalue weighted by atomic mass is 10.1. The summed E-state index contributed by atoms with van der Waals surface area (Å²) in [5, 5.41) is 3.47. The Morgan fingerprint density at radius 2 is 1.56 bits per heavy atom. The van der Waals surface area contributed by atoms with E-state index in [9.17, 15) is 0 Å². The fraction of sp³-hybridized carbons (Fsp3) is 1.00. The van der Waals surface area contributed by atoms with Gasteiger partial charge < -0.3 is 10.1 Å². The fourth-order valence-electron chi connectivity index (χ4n) is 2.19. The van der Waals surface area contributed by atoms with Crippen molar-refractivity contribution in [3.05, 3.63) is 0 Å². The number of rotatable bonds is 14. The standard InChI is InChI=1S/C16H33NO/c1-2-3-4-5-6-7-8-9-12-17-13-14-18-15-16-10-11-16/h16-17H,2-15H2,1H3. The molecule has 18 heavy (non-hydrogen) atoms. The molecule has 0 spiro atoms. The van der Waals surface area contributed by atoms with Gasteiger partial charge in [0.2, 0.25) is 0 Å². The molecule has 0 aromatic heterocycles. The Morgan fingerprint density at radius 1 is 0.889 bits per heavy atom. The highest BCUT2D eigenvalue weighted by Gasteiger charge is 2.20. The molecule has 0 bridgehead atoms. The van der Waals surface area contributed by atoms with Crippen molar-refractivity contribution in [2.24, 2.45) is 5.92 Å². The van der Waals surface area contributed by atoms with Gasteiger partial charge in [-0.05, 0) is 31.7 Å². The predicted octanol–water partition coefficient (Wildman–Crippen LogP) is 4.14. The van der Waals surface area contributed by atoms with Crippen molar-refractivity contribution in [3.63, 3.8) is 0 Å². The average molecular weight is 255 g/mol. The van der Waals surface area contributed by atoms with Gasteiger partial charge in [-0.25, -0.2) is 0 Å². The molecule has 0 atom stereocenters. The zero-order valence-electron chi connectivity index (χ0n) is 12.4. The lowest BCUT2D eigenvalue weighted by Gasteiger charge is -2.05. The number of nitrogens with one attached hydrogen (secondary N) is 1. The summed E-state index contributed by atoms with van der Waals surface area (Å²) in [4.78, 5) is 0. The molecule has 108 valence electrons. The van der Waals surface area contributed by atoms with Crippen LogP contribution >= 0.6 is 0 Å². The van der Waals surface area contributed by atoms with Crippen molar-refractivity contribution in [3.8, 4) is 0 Å². The highest BCUT2D eigenvalue weighted by molar-refractivity contribution is 4.71. The van der Waals surface area contributed by atoms with Gasteiger partial charge in [0.1, 0.15) is 0 Å². The van der Waals surface area contributed by atoms with Gasteiger partial charge in [-0.15, -0.1) is 0 Å². The van der Waals surface area contributed by atoms with Gasteiger partial charge in [0.05, 0.1) is 6.61 Å². The minimum atomic E-state index is 0.896. The van der Waals surface area contributed by atoms with Crippen LogP contribution < -0.4 is 5.32 Å². The van der Waals surface area contributed by atoms with Crippen molar-refractivity contribution in [1.29, 1.82) is 0 Å². The van der Waals surface area contributed by atoms with Gasteiger partial charge in [0, 0.05) is 13.2 Å². The third-order valence-electron chi connectivity index (χ3n) is 3.68. The summed E-state index contributed by atoms with van der Waals surface area (Å²) < 4.78 is 5.58. The van der Waals surface area contributed by atoms with Crippen LogP contribution in [0.1, 0.15) is 71.1 Å². The average Bonchev–Trinajstić information content (AvgIpc) is 3.19. The van der Waals surface area contributed by atoms with Gasteiger partial charge in [0.15, 0.2) is 0 Å². The van der Waals surface area contributed by atoms with E-state index in [2.05, 4.69) is 12.2 Å². The molecule has 0 aliphatic heterocycles. The second-order valence-corrected chi connectivity index (χ2v) is 5.74. The number of hydrogen-bond acceptors (Lipinski definition) is 2. The molecule has 0 unspecified atom stereocenters. The van der Waals surface area contributed by atoms with E-state index in [4.69, 9.17) is 4.74 Å². The Labute approximate surface area is 114 Å². The highest BCUT2D eigenvalue weighted by atomic mass is 16.5. The number of unbranched alkanes of at least 4 members (excludes halogenated alkanes) is 7. The summed E-state index contributed by atoms with van der Waals surface area (Å²) in [6.45, 7) is 6.37. The number of hydrogen-bond donors (Lipinski definition) is 1. The lowest BCUT2D eigenvalue weighted by molar-refractivity contribution is 0.126. The Hall–Kier alpha value is -0.0800. The van der Waals surface area contributed by atoms with E-state index in [0.717, 1.165) is 25.7 Å². The normalized spacial score (nSPS) is 15.2. The highest BCUT2D eigenvalue weighted by Crippen LogP contribution is 2.28. The molecule has 1 saturated carbocycles. The van der Waals surface area contributed by atoms with E-state index in [0.29, 0.717) is 0 Å². The quantitative estimate of drug-likeness (QED) is 0.471. The minimum absolute atomic E-state index is 0.896. The van der Waals surface area contributed by atoms with E-state index in [1.807, 2.05) is 0 Å². The molecule has 1 aliphatic rings. The molecule has 2 nitrogen and oxygen atoms in total. The second-order valence-electron chi connectivity index (χ2n) is 5.74. The van der Waals surface area contributed by atoms with Crippen LogP contribution in [0, 0.1) is 5.92 Å². The topological polar surface area (TPSA) is 21.3 Å². The molecule has 0 heterocycles. The molecule has 1 aliphatic carbocycles. The lowest BCUT2D eigenvalue weighted by Crippen LogP contribution is -2.21. The minimum Gasteiger partial charge on any atom is -0.380 e. The molecule has 1 fully saturated rings. The molecule has 1 N–H and O–H groups in total. The maximum Gasteiger partial charge on any atom is 0.0591 e. The third-order valence-corrected chi connectivity index (χ3v) is 3.68. The van der Waals surface area contributed by atoms with Crippen LogP contribution in [0.15, 0.2) is 0 Å². The Morgan fingerprint density at radius 3 is 2.22 bits per heavy atom. The van der Waals surface area contributed by atoms with E-state index in [1.54, 1.807) is 0 Å². The van der Waals surface area contributed by atoms with E-state index >= 15 is 0 Å². The fourth-order valence-corrected chi connectivity index (χ4v) is 2.19. The summed E-state index contributed by atoms with van der Waals surface area (Å²) in [6, 6.07) is 0. The van der Waals surface area contributed by atoms with Crippen LogP contribution in [0.2, 0.25) is 0 Å². The van der Waals surface area contributed by atoms with Gasteiger partial charge in [-0.2, -0.15) is 0 Å². The van der Waals surface area contributed by atoms with Gasteiger partial charge in [0.25, 0.3) is 0 Å². The SMILES string of the molecule is CCCCCCCCCCNCCOCC1CC1. The van der Waals surface area contributed by atoms with Crippen LogP contribution in [0.3, 0.4) is 0 Å². The van der Waals surface area contributed by atoms with E-state index in [1.165, 1.54) is 70.8 Å². The first-order valence-corrected chi connectivity index (χ1v) is 8.22. The van der Waals surface area contributed by atoms with Crippen molar-refractivity contribution < 1.29 is 4.74 Å². The van der Waals surface area contributed by atoms with Gasteiger partial charge in [-0.1, -0.05) is 51.9 Å². The second kappa shape index (κ2) is 12.0. The van der Waals surface area contributed by atoms with Gasteiger partial charge >= 0.3 is 0 Å². The Kier molecular flexibility index (Phi) is 10.6. The predicted molar refractivity (Wildman–Crippen MR) is 79.0 cm³/mol. The first-order chi connectivity index (χ1) is 8.93. The van der Waals surface area contributed by atoms with Crippen LogP contribution in [0.25, 0.3) is 0 Å². The van der Waals surface area contributed by atoms with E-state index in [-0.39, 0.29) is 0 Å². The number of ether oxygens (including phenoxy) is 1. The smallest absolute Gasteiger partial charge is 0.0591 e. The largest absolute Gasteiger partial charge is 0.380 e. The van der Waals surface area contributed by atoms with Crippen LogP contribution in [0.5, 0.6) is 0 Å². The monoisotopic (exact) mass is 255 g/mol. The van der Waals surface area contributed by atoms with Gasteiger partial charge in [-0.3, -0.25) is 0 Å². The molecular formula is C16H33NO. The summed E-state index contributed by atoms with van der Waals surface area (Å²) in [5.41, 5.74) is 0. The van der Waals surface area contributed by atoms with Crippen molar-refractivity contribution >= 4 is 0 Å². The maximum absolute atomic E-state index is 5.58. The summed E-state index contributed by atoms with van der Waals surface area (Å²) in [6.07, 6.45) is 14.0. The van der Waals surface area contributed by atoms with Crippen molar-refractivity contribution in [1.82, 2.24) is 5.32 Å². The maximum atomic E-state index is 5.58. The molecule has 2 heteroatoms. The van der Waals surface area contributed by atoms with Crippen molar-refractivity contribution in [2.45, 2.75) is 71.1 Å². The van der Waals surface area contributed by atoms with Crippen LogP contribution in [-0.4, -0.2) is 26.3 Å². The Balaban J connectivity index is 1.60. The van der Waals surface area contributed by atoms with Crippen LogP contribution in [-0.2, 0) is 4.74 Å². The molecule has 0 saturated heterocycles. The molecular weight excluding hydrogens is 222 g/mol. The van der Waals surface area contributed by atoms with Crippen LogP contribution in [0.4, 0.5) is 0 Å². The molecule has 0 aromatic carbocycles. The summed E-state index contributed by atoms with van der Waals surface area (Å²) in [5.74, 6) is 0.901. The summed E-state index contributed by atoms with van der Waals surface area (Å²) in [7, 11) is 0. The zero-order valence-corrected chi connectivity index (χ0v) is 12.4. The Bertz CT molecular complexity index is 168. The first kappa shape index (κ1) is 16.0. The molecule has 1 rings (SSSR count). The zero-order chi connectivity index (χ0) is 12.9. The third kappa shape index (κ3) is 11.0. The van der Waals surface area contributed by atoms with Crippen molar-refractivity contribution in [2.75, 3.05) is 26.3 Å². The van der Waals surface area contributed by atoms with E-state index < -0.39 is 0 Å². The molecule has 0 radical (unpaired) electrons. The first-order valence-electron chi connectivity index (χ1n) is 8.22. The molecule has 0 aromatic rings.